The first kappa shape index (κ1) is 16.6. The predicted molar refractivity (Wildman–Crippen MR) is 84.6 cm³/mol. The third-order valence-electron chi connectivity index (χ3n) is 3.33. The Morgan fingerprint density at radius 1 is 1.33 bits per heavy atom. The quantitative estimate of drug-likeness (QED) is 0.769. The molecule has 0 aliphatic heterocycles. The van der Waals surface area contributed by atoms with Crippen LogP contribution in [-0.2, 0) is 11.3 Å². The molecule has 1 aliphatic carbocycles. The lowest BCUT2D eigenvalue weighted by Gasteiger charge is -2.21. The molecular weight excluding hydrogens is 311 g/mol. The second kappa shape index (κ2) is 7.99. The van der Waals surface area contributed by atoms with Crippen LogP contribution in [-0.4, -0.2) is 41.7 Å². The van der Waals surface area contributed by atoms with Crippen LogP contribution in [0.4, 0.5) is 0 Å². The summed E-state index contributed by atoms with van der Waals surface area (Å²) in [5, 5.41) is 13.0. The molecule has 0 bridgehead atoms. The highest BCUT2D eigenvalue weighted by Crippen LogP contribution is 2.23. The zero-order valence-corrected chi connectivity index (χ0v) is 13.3. The molecule has 1 amide bonds. The molecule has 0 heterocycles. The van der Waals surface area contributed by atoms with Gasteiger partial charge in [-0.2, -0.15) is 0 Å². The van der Waals surface area contributed by atoms with Gasteiger partial charge in [-0.1, -0.05) is 29.3 Å². The lowest BCUT2D eigenvalue weighted by Crippen LogP contribution is -2.38. The summed E-state index contributed by atoms with van der Waals surface area (Å²) in [6, 6.07) is 5.84. The van der Waals surface area contributed by atoms with Gasteiger partial charge in [0.15, 0.2) is 0 Å². The first-order valence-electron chi connectivity index (χ1n) is 7.15. The van der Waals surface area contributed by atoms with Gasteiger partial charge in [0.25, 0.3) is 0 Å². The van der Waals surface area contributed by atoms with Crippen LogP contribution >= 0.6 is 23.2 Å². The maximum atomic E-state index is 11.9. The Morgan fingerprint density at radius 2 is 2.10 bits per heavy atom. The van der Waals surface area contributed by atoms with Gasteiger partial charge in [-0.15, -0.1) is 0 Å². The Bertz CT molecular complexity index is 493. The van der Waals surface area contributed by atoms with Gasteiger partial charge < -0.3 is 10.4 Å². The molecule has 1 fully saturated rings. The molecule has 1 saturated carbocycles. The van der Waals surface area contributed by atoms with Crippen LogP contribution in [0.15, 0.2) is 18.2 Å². The van der Waals surface area contributed by atoms with E-state index in [1.165, 1.54) is 0 Å². The highest BCUT2D eigenvalue weighted by molar-refractivity contribution is 6.42. The first-order chi connectivity index (χ1) is 10.1. The monoisotopic (exact) mass is 330 g/mol. The third kappa shape index (κ3) is 5.83. The zero-order chi connectivity index (χ0) is 15.2. The van der Waals surface area contributed by atoms with E-state index in [1.807, 2.05) is 17.0 Å². The van der Waals surface area contributed by atoms with Crippen LogP contribution in [0.3, 0.4) is 0 Å². The van der Waals surface area contributed by atoms with Crippen LogP contribution < -0.4 is 5.32 Å². The molecule has 21 heavy (non-hydrogen) atoms. The average Bonchev–Trinajstić information content (AvgIpc) is 3.24. The number of carbonyl (C=O) groups is 1. The number of carbonyl (C=O) groups excluding carboxylic acids is 1. The number of halogens is 2. The summed E-state index contributed by atoms with van der Waals surface area (Å²) in [6.45, 7) is 1.71. The van der Waals surface area contributed by atoms with Crippen molar-refractivity contribution in [2.24, 2.45) is 0 Å². The minimum absolute atomic E-state index is 0.0375. The summed E-state index contributed by atoms with van der Waals surface area (Å²) < 4.78 is 0. The summed E-state index contributed by atoms with van der Waals surface area (Å²) in [4.78, 5) is 13.9. The SMILES string of the molecule is O=C(CN(CCCO)Cc1ccc(Cl)c(Cl)c1)NC1CC1. The minimum atomic E-state index is 0.0375. The van der Waals surface area contributed by atoms with E-state index in [4.69, 9.17) is 28.3 Å². The fraction of sp³-hybridized carbons (Fsp3) is 0.533. The molecule has 2 N–H and O–H groups in total. The third-order valence-corrected chi connectivity index (χ3v) is 4.07. The lowest BCUT2D eigenvalue weighted by atomic mass is 10.2. The molecule has 0 atom stereocenters. The van der Waals surface area contributed by atoms with E-state index in [0.29, 0.717) is 42.1 Å². The van der Waals surface area contributed by atoms with E-state index in [1.54, 1.807) is 6.07 Å². The number of rotatable bonds is 8. The molecule has 4 nitrogen and oxygen atoms in total. The number of hydrogen-bond donors (Lipinski definition) is 2. The van der Waals surface area contributed by atoms with Crippen molar-refractivity contribution in [1.82, 2.24) is 10.2 Å². The molecule has 2 rings (SSSR count). The maximum absolute atomic E-state index is 11.9. The Balaban J connectivity index is 1.93. The van der Waals surface area contributed by atoms with E-state index >= 15 is 0 Å². The van der Waals surface area contributed by atoms with Crippen molar-refractivity contribution in [2.75, 3.05) is 19.7 Å². The number of amides is 1. The molecule has 0 radical (unpaired) electrons. The van der Waals surface area contributed by atoms with E-state index in [0.717, 1.165) is 18.4 Å². The molecule has 6 heteroatoms. The van der Waals surface area contributed by atoms with Crippen molar-refractivity contribution >= 4 is 29.1 Å². The van der Waals surface area contributed by atoms with Crippen molar-refractivity contribution in [3.8, 4) is 0 Å². The van der Waals surface area contributed by atoms with Gasteiger partial charge in [0.05, 0.1) is 16.6 Å². The van der Waals surface area contributed by atoms with Crippen molar-refractivity contribution in [2.45, 2.75) is 31.8 Å². The largest absolute Gasteiger partial charge is 0.396 e. The molecular formula is C15H20Cl2N2O2. The smallest absolute Gasteiger partial charge is 0.234 e. The van der Waals surface area contributed by atoms with Crippen molar-refractivity contribution in [3.63, 3.8) is 0 Å². The number of hydrogen-bond acceptors (Lipinski definition) is 3. The maximum Gasteiger partial charge on any atom is 0.234 e. The molecule has 0 aromatic heterocycles. The van der Waals surface area contributed by atoms with E-state index in [9.17, 15) is 4.79 Å². The van der Waals surface area contributed by atoms with Crippen LogP contribution in [0.2, 0.25) is 10.0 Å². The van der Waals surface area contributed by atoms with Crippen molar-refractivity contribution < 1.29 is 9.90 Å². The van der Waals surface area contributed by atoms with Crippen LogP contribution in [0.1, 0.15) is 24.8 Å². The van der Waals surface area contributed by atoms with Gasteiger partial charge >= 0.3 is 0 Å². The molecule has 0 spiro atoms. The Labute approximate surface area is 135 Å². The molecule has 1 aliphatic rings. The summed E-state index contributed by atoms with van der Waals surface area (Å²) in [5.41, 5.74) is 1.00. The normalized spacial score (nSPS) is 14.5. The number of aliphatic hydroxyl groups is 1. The second-order valence-electron chi connectivity index (χ2n) is 5.38. The second-order valence-corrected chi connectivity index (χ2v) is 6.19. The van der Waals surface area contributed by atoms with Gasteiger partial charge in [-0.3, -0.25) is 9.69 Å². The summed E-state index contributed by atoms with van der Waals surface area (Å²) in [6.07, 6.45) is 2.79. The van der Waals surface area contributed by atoms with Crippen LogP contribution in [0, 0.1) is 0 Å². The first-order valence-corrected chi connectivity index (χ1v) is 7.90. The number of benzene rings is 1. The van der Waals surface area contributed by atoms with Crippen LogP contribution in [0.25, 0.3) is 0 Å². The Morgan fingerprint density at radius 3 is 2.71 bits per heavy atom. The van der Waals surface area contributed by atoms with E-state index in [-0.39, 0.29) is 12.5 Å². The van der Waals surface area contributed by atoms with E-state index in [2.05, 4.69) is 5.32 Å². The minimum Gasteiger partial charge on any atom is -0.396 e. The summed E-state index contributed by atoms with van der Waals surface area (Å²) in [5.74, 6) is 0.0375. The predicted octanol–water partition coefficient (Wildman–Crippen LogP) is 2.46. The lowest BCUT2D eigenvalue weighted by molar-refractivity contribution is -0.122. The van der Waals surface area contributed by atoms with Gasteiger partial charge in [-0.05, 0) is 37.0 Å². The Hall–Kier alpha value is -0.810. The Kier molecular flexibility index (Phi) is 6.30. The number of nitrogens with zero attached hydrogens (tertiary/aromatic N) is 1. The fourth-order valence-electron chi connectivity index (χ4n) is 2.11. The highest BCUT2D eigenvalue weighted by atomic mass is 35.5. The zero-order valence-electron chi connectivity index (χ0n) is 11.8. The van der Waals surface area contributed by atoms with Gasteiger partial charge in [0.2, 0.25) is 5.91 Å². The standard InChI is InChI=1S/C15H20Cl2N2O2/c16-13-5-2-11(8-14(13)17)9-19(6-1-7-20)10-15(21)18-12-3-4-12/h2,5,8,12,20H,1,3-4,6-7,9-10H2,(H,18,21). The average molecular weight is 331 g/mol. The summed E-state index contributed by atoms with van der Waals surface area (Å²) >= 11 is 11.9. The van der Waals surface area contributed by atoms with Gasteiger partial charge in [0.1, 0.15) is 0 Å². The topological polar surface area (TPSA) is 52.6 Å². The summed E-state index contributed by atoms with van der Waals surface area (Å²) in [7, 11) is 0. The van der Waals surface area contributed by atoms with Crippen molar-refractivity contribution in [1.29, 1.82) is 0 Å². The number of nitrogens with one attached hydrogen (secondary N) is 1. The number of aliphatic hydroxyl groups excluding tert-OH is 1. The van der Waals surface area contributed by atoms with Gasteiger partial charge in [-0.25, -0.2) is 0 Å². The molecule has 116 valence electrons. The van der Waals surface area contributed by atoms with Gasteiger partial charge in [0, 0.05) is 25.7 Å². The molecule has 1 aromatic rings. The molecule has 0 unspecified atom stereocenters. The van der Waals surface area contributed by atoms with Crippen molar-refractivity contribution in [3.05, 3.63) is 33.8 Å². The molecule has 1 aromatic carbocycles. The van der Waals surface area contributed by atoms with Crippen LogP contribution in [0.5, 0.6) is 0 Å². The van der Waals surface area contributed by atoms with E-state index < -0.39 is 0 Å². The molecule has 0 saturated heterocycles. The highest BCUT2D eigenvalue weighted by Gasteiger charge is 2.24. The fourth-order valence-corrected chi connectivity index (χ4v) is 2.43.